The van der Waals surface area contributed by atoms with E-state index < -0.39 is 0 Å². The fourth-order valence-electron chi connectivity index (χ4n) is 2.54. The summed E-state index contributed by atoms with van der Waals surface area (Å²) in [4.78, 5) is 29.4. The molecule has 126 valence electrons. The van der Waals surface area contributed by atoms with Crippen molar-refractivity contribution in [1.82, 2.24) is 4.98 Å². The number of fused-ring (bicyclic) bond motifs is 1. The van der Waals surface area contributed by atoms with E-state index in [0.29, 0.717) is 17.3 Å². The molecule has 7 heteroatoms. The van der Waals surface area contributed by atoms with Gasteiger partial charge in [0.05, 0.1) is 5.25 Å². The van der Waals surface area contributed by atoms with Gasteiger partial charge in [0, 0.05) is 28.9 Å². The Bertz CT molecular complexity index is 745. The van der Waals surface area contributed by atoms with Gasteiger partial charge >= 0.3 is 0 Å². The van der Waals surface area contributed by atoms with Crippen molar-refractivity contribution in [2.75, 3.05) is 16.4 Å². The summed E-state index contributed by atoms with van der Waals surface area (Å²) in [6.07, 6.45) is 3.78. The fourth-order valence-corrected chi connectivity index (χ4v) is 4.30. The maximum absolute atomic E-state index is 12.3. The van der Waals surface area contributed by atoms with Crippen molar-refractivity contribution < 1.29 is 9.59 Å². The van der Waals surface area contributed by atoms with Crippen LogP contribution >= 0.6 is 23.1 Å². The van der Waals surface area contributed by atoms with Crippen LogP contribution in [0.15, 0.2) is 30.5 Å². The third-order valence-corrected chi connectivity index (χ3v) is 5.88. The number of aromatic nitrogens is 1. The summed E-state index contributed by atoms with van der Waals surface area (Å²) in [5.41, 5.74) is 2.08. The van der Waals surface area contributed by atoms with Crippen molar-refractivity contribution >= 4 is 45.7 Å². The lowest BCUT2D eigenvalue weighted by Gasteiger charge is -2.12. The molecular formula is C17H19N3O2S2. The number of hydrogen-bond donors (Lipinski definition) is 2. The van der Waals surface area contributed by atoms with Gasteiger partial charge < -0.3 is 10.6 Å². The Morgan fingerprint density at radius 3 is 3.08 bits per heavy atom. The molecule has 0 spiro atoms. The Kier molecular flexibility index (Phi) is 5.52. The molecule has 1 aromatic heterocycles. The zero-order valence-electron chi connectivity index (χ0n) is 13.4. The van der Waals surface area contributed by atoms with Gasteiger partial charge in [0.2, 0.25) is 11.8 Å². The summed E-state index contributed by atoms with van der Waals surface area (Å²) in [5, 5.41) is 6.29. The molecule has 0 saturated carbocycles. The summed E-state index contributed by atoms with van der Waals surface area (Å²) < 4.78 is 0. The van der Waals surface area contributed by atoms with E-state index in [-0.39, 0.29) is 17.1 Å². The minimum absolute atomic E-state index is 0.0286. The number of thioether (sulfide) groups is 1. The molecule has 0 bridgehead atoms. The van der Waals surface area contributed by atoms with Crippen molar-refractivity contribution in [2.24, 2.45) is 0 Å². The number of nitrogens with zero attached hydrogens (tertiary/aromatic N) is 1. The summed E-state index contributed by atoms with van der Waals surface area (Å²) in [6, 6.07) is 7.90. The first-order chi connectivity index (χ1) is 11.6. The third-order valence-electron chi connectivity index (χ3n) is 3.76. The number of carbonyl (C=O) groups is 2. The van der Waals surface area contributed by atoms with Crippen LogP contribution in [0, 0.1) is 6.92 Å². The summed E-state index contributed by atoms with van der Waals surface area (Å²) in [5.74, 6) is 0.583. The molecule has 1 aromatic carbocycles. The first-order valence-corrected chi connectivity index (χ1v) is 9.71. The molecule has 0 radical (unpaired) electrons. The van der Waals surface area contributed by atoms with Crippen LogP contribution in [0.5, 0.6) is 0 Å². The number of benzene rings is 1. The highest BCUT2D eigenvalue weighted by atomic mass is 32.2. The van der Waals surface area contributed by atoms with Gasteiger partial charge in [0.15, 0.2) is 5.13 Å². The highest BCUT2D eigenvalue weighted by molar-refractivity contribution is 8.00. The lowest BCUT2D eigenvalue weighted by Crippen LogP contribution is -2.24. The lowest BCUT2D eigenvalue weighted by atomic mass is 10.1. The molecular weight excluding hydrogens is 342 g/mol. The van der Waals surface area contributed by atoms with E-state index in [1.807, 2.05) is 31.2 Å². The molecule has 2 aromatic rings. The molecule has 24 heavy (non-hydrogen) atoms. The maximum Gasteiger partial charge on any atom is 0.237 e. The summed E-state index contributed by atoms with van der Waals surface area (Å²) >= 11 is 3.00. The number of para-hydroxylation sites is 1. The Hall–Kier alpha value is -1.86. The van der Waals surface area contributed by atoms with E-state index >= 15 is 0 Å². The van der Waals surface area contributed by atoms with Crippen LogP contribution in [0.3, 0.4) is 0 Å². The molecule has 0 fully saturated rings. The Morgan fingerprint density at radius 1 is 1.46 bits per heavy atom. The van der Waals surface area contributed by atoms with E-state index in [0.717, 1.165) is 23.4 Å². The monoisotopic (exact) mass is 361 g/mol. The quantitative estimate of drug-likeness (QED) is 0.855. The van der Waals surface area contributed by atoms with Crippen molar-refractivity contribution in [3.8, 4) is 0 Å². The molecule has 0 saturated heterocycles. The number of amides is 2. The van der Waals surface area contributed by atoms with Gasteiger partial charge in [-0.2, -0.15) is 0 Å². The average molecular weight is 361 g/mol. The van der Waals surface area contributed by atoms with Crippen LogP contribution < -0.4 is 10.6 Å². The van der Waals surface area contributed by atoms with Crippen molar-refractivity contribution in [2.45, 2.75) is 31.4 Å². The number of thiazole rings is 1. The van der Waals surface area contributed by atoms with Gasteiger partial charge in [0.25, 0.3) is 0 Å². The zero-order valence-corrected chi connectivity index (χ0v) is 15.0. The summed E-state index contributed by atoms with van der Waals surface area (Å²) in [7, 11) is 0. The predicted octanol–water partition coefficient (Wildman–Crippen LogP) is 3.47. The third kappa shape index (κ3) is 4.36. The molecule has 1 aliphatic rings. The first kappa shape index (κ1) is 17.0. The molecule has 5 nitrogen and oxygen atoms in total. The van der Waals surface area contributed by atoms with Crippen molar-refractivity contribution in [3.05, 3.63) is 40.9 Å². The number of rotatable bonds is 5. The molecule has 1 aliphatic heterocycles. The predicted molar refractivity (Wildman–Crippen MR) is 99.7 cm³/mol. The molecule has 3 rings (SSSR count). The van der Waals surface area contributed by atoms with Crippen LogP contribution in [-0.2, 0) is 16.0 Å². The standard InChI is InChI=1S/C17H19N3O2S2/c1-11-10-18-17(24-11)20-15(21)8-9-23-14-7-6-12-4-2-3-5-13(12)19-16(14)22/h2-5,10,14H,6-9H2,1H3,(H,19,22)(H,18,20,21)/t14-/m1/s1. The van der Waals surface area contributed by atoms with Gasteiger partial charge in [0.1, 0.15) is 0 Å². The van der Waals surface area contributed by atoms with E-state index in [2.05, 4.69) is 15.6 Å². The molecule has 0 unspecified atom stereocenters. The number of nitrogens with one attached hydrogen (secondary N) is 2. The minimum Gasteiger partial charge on any atom is -0.325 e. The van der Waals surface area contributed by atoms with E-state index in [4.69, 9.17) is 0 Å². The maximum atomic E-state index is 12.3. The molecule has 0 aliphatic carbocycles. The van der Waals surface area contributed by atoms with Gasteiger partial charge in [-0.3, -0.25) is 9.59 Å². The van der Waals surface area contributed by atoms with E-state index in [9.17, 15) is 9.59 Å². The molecule has 2 amide bonds. The molecule has 2 N–H and O–H groups in total. The van der Waals surface area contributed by atoms with E-state index in [1.54, 1.807) is 18.0 Å². The minimum atomic E-state index is -0.118. The van der Waals surface area contributed by atoms with Crippen molar-refractivity contribution in [3.63, 3.8) is 0 Å². The molecule has 1 atom stereocenters. The number of hydrogen-bond acceptors (Lipinski definition) is 5. The second kappa shape index (κ2) is 7.81. The SMILES string of the molecule is Cc1cnc(NC(=O)CCS[C@@H]2CCc3ccccc3NC2=O)s1. The van der Waals surface area contributed by atoms with Crippen LogP contribution in [-0.4, -0.2) is 27.8 Å². The zero-order chi connectivity index (χ0) is 16.9. The first-order valence-electron chi connectivity index (χ1n) is 7.84. The normalized spacial score (nSPS) is 16.9. The van der Waals surface area contributed by atoms with Gasteiger partial charge in [-0.15, -0.1) is 23.1 Å². The number of anilines is 2. The number of aryl methyl sites for hydroxylation is 2. The highest BCUT2D eigenvalue weighted by Gasteiger charge is 2.23. The van der Waals surface area contributed by atoms with Gasteiger partial charge in [-0.05, 0) is 31.4 Å². The van der Waals surface area contributed by atoms with Crippen LogP contribution in [0.1, 0.15) is 23.3 Å². The van der Waals surface area contributed by atoms with Crippen molar-refractivity contribution in [1.29, 1.82) is 0 Å². The molecule has 2 heterocycles. The summed E-state index contributed by atoms with van der Waals surface area (Å²) in [6.45, 7) is 1.95. The second-order valence-corrected chi connectivity index (χ2v) is 8.16. The number of carbonyl (C=O) groups excluding carboxylic acids is 2. The van der Waals surface area contributed by atoms with Crippen LogP contribution in [0.4, 0.5) is 10.8 Å². The smallest absolute Gasteiger partial charge is 0.237 e. The largest absolute Gasteiger partial charge is 0.325 e. The average Bonchev–Trinajstić information content (AvgIpc) is 2.88. The Morgan fingerprint density at radius 2 is 2.29 bits per heavy atom. The van der Waals surface area contributed by atoms with Crippen LogP contribution in [0.25, 0.3) is 0 Å². The van der Waals surface area contributed by atoms with Crippen LogP contribution in [0.2, 0.25) is 0 Å². The fraction of sp³-hybridized carbons (Fsp3) is 0.353. The topological polar surface area (TPSA) is 71.1 Å². The van der Waals surface area contributed by atoms with E-state index in [1.165, 1.54) is 16.9 Å². The lowest BCUT2D eigenvalue weighted by molar-refractivity contribution is -0.116. The van der Waals surface area contributed by atoms with Gasteiger partial charge in [-0.25, -0.2) is 4.98 Å². The Balaban J connectivity index is 1.47. The second-order valence-electron chi connectivity index (χ2n) is 5.62. The van der Waals surface area contributed by atoms with Gasteiger partial charge in [-0.1, -0.05) is 18.2 Å². The Labute approximate surface area is 149 Å². The highest BCUT2D eigenvalue weighted by Crippen LogP contribution is 2.27.